The summed E-state index contributed by atoms with van der Waals surface area (Å²) in [5.41, 5.74) is 0.372. The molecule has 3 rings (SSSR count). The molecule has 0 aliphatic carbocycles. The average Bonchev–Trinajstić information content (AvgIpc) is 2.75. The van der Waals surface area contributed by atoms with Gasteiger partial charge in [-0.25, -0.2) is 9.48 Å². The number of benzene rings is 2. The lowest BCUT2D eigenvalue weighted by molar-refractivity contribution is -0.119. The third-order valence-electron chi connectivity index (χ3n) is 4.50. The molecule has 0 unspecified atom stereocenters. The lowest BCUT2D eigenvalue weighted by Crippen LogP contribution is -2.28. The smallest absolute Gasteiger partial charge is 0.359 e. The molecule has 1 N–H and O–H groups in total. The monoisotopic (exact) mass is 471 g/mol. The zero-order valence-electron chi connectivity index (χ0n) is 16.6. The van der Waals surface area contributed by atoms with Crippen molar-refractivity contribution in [1.82, 2.24) is 9.78 Å². The highest BCUT2D eigenvalue weighted by Crippen LogP contribution is 2.16. The molecule has 0 aliphatic rings. The van der Waals surface area contributed by atoms with Gasteiger partial charge in [-0.15, -0.1) is 0 Å². The van der Waals surface area contributed by atoms with E-state index in [2.05, 4.69) is 33.3 Å². The van der Waals surface area contributed by atoms with E-state index < -0.39 is 18.5 Å². The SMILES string of the molecule is CCCCCn1nc(C(=O)OCC(=O)Nc2ccc(Br)cc2)c2ccccc2c1=O. The molecule has 0 saturated carbocycles. The van der Waals surface area contributed by atoms with Crippen LogP contribution in [0, 0.1) is 0 Å². The van der Waals surface area contributed by atoms with Crippen molar-refractivity contribution in [3.8, 4) is 0 Å². The fourth-order valence-electron chi connectivity index (χ4n) is 2.98. The highest BCUT2D eigenvalue weighted by molar-refractivity contribution is 9.10. The second-order valence-corrected chi connectivity index (χ2v) is 7.68. The molecule has 0 saturated heterocycles. The molecule has 30 heavy (non-hydrogen) atoms. The van der Waals surface area contributed by atoms with Gasteiger partial charge in [-0.1, -0.05) is 53.9 Å². The van der Waals surface area contributed by atoms with Crippen LogP contribution in [-0.4, -0.2) is 28.3 Å². The second-order valence-electron chi connectivity index (χ2n) is 6.76. The first-order valence-electron chi connectivity index (χ1n) is 9.72. The maximum atomic E-state index is 12.7. The lowest BCUT2D eigenvalue weighted by atomic mass is 10.1. The molecular formula is C22H22BrN3O4. The molecule has 0 radical (unpaired) electrons. The molecule has 156 valence electrons. The fraction of sp³-hybridized carbons (Fsp3) is 0.273. The summed E-state index contributed by atoms with van der Waals surface area (Å²) in [7, 11) is 0. The normalized spacial score (nSPS) is 10.7. The van der Waals surface area contributed by atoms with Crippen LogP contribution in [0.2, 0.25) is 0 Å². The molecular weight excluding hydrogens is 450 g/mol. The van der Waals surface area contributed by atoms with Crippen LogP contribution in [0.1, 0.15) is 36.7 Å². The maximum Gasteiger partial charge on any atom is 0.359 e. The van der Waals surface area contributed by atoms with E-state index in [-0.39, 0.29) is 11.3 Å². The summed E-state index contributed by atoms with van der Waals surface area (Å²) in [6.07, 6.45) is 2.74. The molecule has 1 heterocycles. The Bertz CT molecular complexity index is 1110. The number of ether oxygens (including phenoxy) is 1. The fourth-order valence-corrected chi connectivity index (χ4v) is 3.24. The molecule has 1 amide bonds. The minimum Gasteiger partial charge on any atom is -0.451 e. The van der Waals surface area contributed by atoms with Crippen LogP contribution in [0.3, 0.4) is 0 Å². The zero-order chi connectivity index (χ0) is 21.5. The summed E-state index contributed by atoms with van der Waals surface area (Å²) in [5, 5.41) is 7.70. The van der Waals surface area contributed by atoms with Crippen molar-refractivity contribution in [3.05, 3.63) is 69.1 Å². The van der Waals surface area contributed by atoms with E-state index in [4.69, 9.17) is 4.74 Å². The number of hydrogen-bond donors (Lipinski definition) is 1. The van der Waals surface area contributed by atoms with Gasteiger partial charge in [-0.2, -0.15) is 5.10 Å². The van der Waals surface area contributed by atoms with Crippen molar-refractivity contribution in [2.24, 2.45) is 0 Å². The van der Waals surface area contributed by atoms with Crippen LogP contribution in [0.25, 0.3) is 10.8 Å². The summed E-state index contributed by atoms with van der Waals surface area (Å²) >= 11 is 3.32. The Morgan fingerprint density at radius 3 is 2.47 bits per heavy atom. The first-order valence-corrected chi connectivity index (χ1v) is 10.5. The number of halogens is 1. The van der Waals surface area contributed by atoms with Crippen LogP contribution in [0.4, 0.5) is 5.69 Å². The van der Waals surface area contributed by atoms with Gasteiger partial charge in [0.05, 0.1) is 5.39 Å². The number of rotatable bonds is 8. The Hall–Kier alpha value is -3.00. The first kappa shape index (κ1) is 21.7. The van der Waals surface area contributed by atoms with Crippen LogP contribution in [-0.2, 0) is 16.1 Å². The summed E-state index contributed by atoms with van der Waals surface area (Å²) in [4.78, 5) is 37.5. The van der Waals surface area contributed by atoms with Crippen molar-refractivity contribution in [2.75, 3.05) is 11.9 Å². The van der Waals surface area contributed by atoms with Crippen LogP contribution in [0.5, 0.6) is 0 Å². The summed E-state index contributed by atoms with van der Waals surface area (Å²) in [5.74, 6) is -1.22. The quantitative estimate of drug-likeness (QED) is 0.393. The molecule has 3 aromatic rings. The predicted molar refractivity (Wildman–Crippen MR) is 119 cm³/mol. The van der Waals surface area contributed by atoms with Gasteiger partial charge in [-0.3, -0.25) is 9.59 Å². The van der Waals surface area contributed by atoms with E-state index in [9.17, 15) is 14.4 Å². The molecule has 8 heteroatoms. The van der Waals surface area contributed by atoms with E-state index in [1.54, 1.807) is 48.5 Å². The number of esters is 1. The van der Waals surface area contributed by atoms with Gasteiger partial charge in [0, 0.05) is 22.1 Å². The number of aromatic nitrogens is 2. The third-order valence-corrected chi connectivity index (χ3v) is 5.03. The number of carbonyl (C=O) groups is 2. The van der Waals surface area contributed by atoms with Gasteiger partial charge >= 0.3 is 5.97 Å². The third kappa shape index (κ3) is 5.33. The van der Waals surface area contributed by atoms with E-state index in [1.165, 1.54) is 4.68 Å². The van der Waals surface area contributed by atoms with Crippen molar-refractivity contribution >= 4 is 44.3 Å². The summed E-state index contributed by atoms with van der Waals surface area (Å²) in [6, 6.07) is 13.8. The van der Waals surface area contributed by atoms with Crippen LogP contribution < -0.4 is 10.9 Å². The van der Waals surface area contributed by atoms with Crippen molar-refractivity contribution in [1.29, 1.82) is 0 Å². The number of unbranched alkanes of at least 4 members (excludes halogenated alkanes) is 2. The molecule has 0 spiro atoms. The van der Waals surface area contributed by atoms with Gasteiger partial charge in [0.15, 0.2) is 12.3 Å². The summed E-state index contributed by atoms with van der Waals surface area (Å²) in [6.45, 7) is 2.03. The largest absolute Gasteiger partial charge is 0.451 e. The van der Waals surface area contributed by atoms with Crippen molar-refractivity contribution in [3.63, 3.8) is 0 Å². The highest BCUT2D eigenvalue weighted by atomic mass is 79.9. The minimum atomic E-state index is -0.749. The standard InChI is InChI=1S/C22H22BrN3O4/c1-2-3-6-13-26-21(28)18-8-5-4-7-17(18)20(25-26)22(29)30-14-19(27)24-16-11-9-15(23)10-12-16/h4-5,7-12H,2-3,6,13-14H2,1H3,(H,24,27). The topological polar surface area (TPSA) is 90.3 Å². The molecule has 1 aromatic heterocycles. The molecule has 0 aliphatic heterocycles. The molecule has 7 nitrogen and oxygen atoms in total. The number of amides is 1. The Labute approximate surface area is 182 Å². The molecule has 2 aromatic carbocycles. The Morgan fingerprint density at radius 2 is 1.77 bits per heavy atom. The van der Waals surface area contributed by atoms with Gasteiger partial charge in [0.1, 0.15) is 0 Å². The number of nitrogens with one attached hydrogen (secondary N) is 1. The minimum absolute atomic E-state index is 0.0261. The van der Waals surface area contributed by atoms with Crippen molar-refractivity contribution < 1.29 is 14.3 Å². The Kier molecular flexibility index (Phi) is 7.35. The second kappa shape index (κ2) is 10.2. The number of hydrogen-bond acceptors (Lipinski definition) is 5. The highest BCUT2D eigenvalue weighted by Gasteiger charge is 2.19. The van der Waals surface area contributed by atoms with E-state index in [0.29, 0.717) is 23.0 Å². The number of anilines is 1. The number of fused-ring (bicyclic) bond motifs is 1. The van der Waals surface area contributed by atoms with Gasteiger partial charge in [0.25, 0.3) is 11.5 Å². The van der Waals surface area contributed by atoms with Crippen LogP contribution in [0.15, 0.2) is 57.8 Å². The molecule has 0 bridgehead atoms. The molecule has 0 fully saturated rings. The average molecular weight is 472 g/mol. The van der Waals surface area contributed by atoms with Gasteiger partial charge < -0.3 is 10.1 Å². The summed E-state index contributed by atoms with van der Waals surface area (Å²) < 4.78 is 7.37. The Morgan fingerprint density at radius 1 is 1.07 bits per heavy atom. The maximum absolute atomic E-state index is 12.7. The van der Waals surface area contributed by atoms with E-state index >= 15 is 0 Å². The van der Waals surface area contributed by atoms with Gasteiger partial charge in [0.2, 0.25) is 0 Å². The van der Waals surface area contributed by atoms with E-state index in [0.717, 1.165) is 23.7 Å². The lowest BCUT2D eigenvalue weighted by Gasteiger charge is -2.11. The predicted octanol–water partition coefficient (Wildman–Crippen LogP) is 4.14. The van der Waals surface area contributed by atoms with Crippen LogP contribution >= 0.6 is 15.9 Å². The Balaban J connectivity index is 1.76. The number of carbonyl (C=O) groups excluding carboxylic acids is 2. The number of aryl methyl sites for hydroxylation is 1. The van der Waals surface area contributed by atoms with Gasteiger partial charge in [-0.05, 0) is 36.8 Å². The van der Waals surface area contributed by atoms with E-state index in [1.807, 2.05) is 0 Å². The molecule has 0 atom stereocenters. The zero-order valence-corrected chi connectivity index (χ0v) is 18.1. The first-order chi connectivity index (χ1) is 14.5. The van der Waals surface area contributed by atoms with Crippen molar-refractivity contribution in [2.45, 2.75) is 32.7 Å². The number of nitrogens with zero attached hydrogens (tertiary/aromatic N) is 2.